The minimum Gasteiger partial charge on any atom is -0.369 e. The molecule has 2 unspecified atom stereocenters. The molecular formula is C12H23NO. The zero-order valence-electron chi connectivity index (χ0n) is 9.84. The highest BCUT2D eigenvalue weighted by Gasteiger charge is 2.47. The van der Waals surface area contributed by atoms with Gasteiger partial charge in [0, 0.05) is 12.0 Å². The van der Waals surface area contributed by atoms with E-state index in [1.807, 2.05) is 6.08 Å². The van der Waals surface area contributed by atoms with Gasteiger partial charge in [0.15, 0.2) is 0 Å². The Morgan fingerprint density at radius 2 is 2.07 bits per heavy atom. The summed E-state index contributed by atoms with van der Waals surface area (Å²) in [5, 5.41) is 0. The van der Waals surface area contributed by atoms with Gasteiger partial charge in [0.1, 0.15) is 0 Å². The van der Waals surface area contributed by atoms with Crippen molar-refractivity contribution in [2.75, 3.05) is 0 Å². The van der Waals surface area contributed by atoms with E-state index in [4.69, 9.17) is 10.5 Å². The second kappa shape index (κ2) is 3.67. The number of hydrogen-bond donors (Lipinski definition) is 1. The van der Waals surface area contributed by atoms with Crippen molar-refractivity contribution in [2.45, 2.75) is 57.8 Å². The molecule has 0 bridgehead atoms. The second-order valence-electron chi connectivity index (χ2n) is 5.46. The molecule has 1 aliphatic heterocycles. The molecule has 82 valence electrons. The van der Waals surface area contributed by atoms with Crippen LogP contribution in [0.1, 0.15) is 40.5 Å². The smallest absolute Gasteiger partial charge is 0.0677 e. The third kappa shape index (κ3) is 2.37. The summed E-state index contributed by atoms with van der Waals surface area (Å²) in [6, 6.07) is 0.171. The fourth-order valence-electron chi connectivity index (χ4n) is 2.63. The van der Waals surface area contributed by atoms with Crippen LogP contribution in [-0.2, 0) is 4.74 Å². The molecule has 2 heteroatoms. The summed E-state index contributed by atoms with van der Waals surface area (Å²) in [5.41, 5.74) is 5.99. The van der Waals surface area contributed by atoms with E-state index >= 15 is 0 Å². The average molecular weight is 197 g/mol. The van der Waals surface area contributed by atoms with Gasteiger partial charge >= 0.3 is 0 Å². The molecule has 0 aliphatic carbocycles. The third-order valence-electron chi connectivity index (χ3n) is 3.10. The molecule has 0 aromatic rings. The summed E-state index contributed by atoms with van der Waals surface area (Å²) in [5.74, 6) is 0.426. The van der Waals surface area contributed by atoms with Gasteiger partial charge < -0.3 is 10.5 Å². The molecule has 1 aliphatic rings. The lowest BCUT2D eigenvalue weighted by Gasteiger charge is -2.30. The lowest BCUT2D eigenvalue weighted by atomic mass is 9.81. The summed E-state index contributed by atoms with van der Waals surface area (Å²) in [7, 11) is 0. The van der Waals surface area contributed by atoms with Crippen molar-refractivity contribution >= 4 is 0 Å². The molecule has 2 nitrogen and oxygen atoms in total. The van der Waals surface area contributed by atoms with Crippen molar-refractivity contribution in [1.29, 1.82) is 0 Å². The zero-order chi connectivity index (χ0) is 11.0. The van der Waals surface area contributed by atoms with E-state index in [2.05, 4.69) is 34.3 Å². The lowest BCUT2D eigenvalue weighted by Crippen LogP contribution is -2.40. The quantitative estimate of drug-likeness (QED) is 0.705. The molecule has 0 aromatic carbocycles. The number of rotatable bonds is 3. The Balaban J connectivity index is 2.74. The molecule has 0 aromatic heterocycles. The van der Waals surface area contributed by atoms with E-state index in [0.29, 0.717) is 5.92 Å². The molecule has 2 N–H and O–H groups in total. The molecule has 14 heavy (non-hydrogen) atoms. The number of hydrogen-bond acceptors (Lipinski definition) is 2. The standard InChI is InChI=1S/C12H23NO/c1-6-7-10(13)9-8-11(2,3)14-12(9,4)5/h6,9-10H,1,7-8,13H2,2-5H3. The maximum absolute atomic E-state index is 6.13. The molecule has 1 saturated heterocycles. The van der Waals surface area contributed by atoms with Gasteiger partial charge in [-0.05, 0) is 40.5 Å². The molecule has 0 amide bonds. The first-order valence-corrected chi connectivity index (χ1v) is 5.35. The zero-order valence-corrected chi connectivity index (χ0v) is 9.84. The van der Waals surface area contributed by atoms with E-state index in [-0.39, 0.29) is 17.2 Å². The van der Waals surface area contributed by atoms with Crippen LogP contribution >= 0.6 is 0 Å². The van der Waals surface area contributed by atoms with Crippen LogP contribution in [0.25, 0.3) is 0 Å². The van der Waals surface area contributed by atoms with E-state index in [9.17, 15) is 0 Å². The van der Waals surface area contributed by atoms with Crippen LogP contribution in [0.3, 0.4) is 0 Å². The summed E-state index contributed by atoms with van der Waals surface area (Å²) in [6.45, 7) is 12.3. The highest BCUT2D eigenvalue weighted by molar-refractivity contribution is 4.99. The van der Waals surface area contributed by atoms with E-state index in [1.165, 1.54) is 0 Å². The molecule has 2 atom stereocenters. The minimum absolute atomic E-state index is 0.0348. The lowest BCUT2D eigenvalue weighted by molar-refractivity contribution is -0.0764. The van der Waals surface area contributed by atoms with Crippen molar-refractivity contribution < 1.29 is 4.74 Å². The molecule has 0 radical (unpaired) electrons. The van der Waals surface area contributed by atoms with Crippen LogP contribution in [0.5, 0.6) is 0 Å². The maximum Gasteiger partial charge on any atom is 0.0677 e. The Bertz CT molecular complexity index is 220. The second-order valence-corrected chi connectivity index (χ2v) is 5.46. The van der Waals surface area contributed by atoms with Crippen molar-refractivity contribution in [3.8, 4) is 0 Å². The van der Waals surface area contributed by atoms with Gasteiger partial charge in [-0.1, -0.05) is 6.08 Å². The largest absolute Gasteiger partial charge is 0.369 e. The molecule has 0 spiro atoms. The Labute approximate surface area is 87.5 Å². The SMILES string of the molecule is C=CCC(N)C1CC(C)(C)OC1(C)C. The number of ether oxygens (including phenoxy) is 1. The first-order chi connectivity index (χ1) is 6.28. The third-order valence-corrected chi connectivity index (χ3v) is 3.10. The first kappa shape index (κ1) is 11.7. The Morgan fingerprint density at radius 3 is 2.43 bits per heavy atom. The highest BCUT2D eigenvalue weighted by Crippen LogP contribution is 2.43. The van der Waals surface area contributed by atoms with Crippen LogP contribution in [0.4, 0.5) is 0 Å². The number of nitrogens with two attached hydrogens (primary N) is 1. The van der Waals surface area contributed by atoms with Crippen molar-refractivity contribution in [3.05, 3.63) is 12.7 Å². The predicted molar refractivity (Wildman–Crippen MR) is 60.1 cm³/mol. The van der Waals surface area contributed by atoms with Gasteiger partial charge in [-0.15, -0.1) is 6.58 Å². The average Bonchev–Trinajstić information content (AvgIpc) is 2.19. The Morgan fingerprint density at radius 1 is 1.50 bits per heavy atom. The molecule has 1 rings (SSSR count). The van der Waals surface area contributed by atoms with Crippen LogP contribution in [-0.4, -0.2) is 17.2 Å². The van der Waals surface area contributed by atoms with Gasteiger partial charge in [0.25, 0.3) is 0 Å². The monoisotopic (exact) mass is 197 g/mol. The summed E-state index contributed by atoms with van der Waals surface area (Å²) in [4.78, 5) is 0. The first-order valence-electron chi connectivity index (χ1n) is 5.35. The van der Waals surface area contributed by atoms with Gasteiger partial charge in [-0.25, -0.2) is 0 Å². The molecule has 0 saturated carbocycles. The van der Waals surface area contributed by atoms with Gasteiger partial charge in [-0.3, -0.25) is 0 Å². The van der Waals surface area contributed by atoms with E-state index in [1.54, 1.807) is 0 Å². The fraction of sp³-hybridized carbons (Fsp3) is 0.833. The van der Waals surface area contributed by atoms with Crippen LogP contribution in [0, 0.1) is 5.92 Å². The maximum atomic E-state index is 6.13. The predicted octanol–water partition coefficient (Wildman–Crippen LogP) is 2.48. The fourth-order valence-corrected chi connectivity index (χ4v) is 2.63. The van der Waals surface area contributed by atoms with Gasteiger partial charge in [-0.2, -0.15) is 0 Å². The van der Waals surface area contributed by atoms with E-state index in [0.717, 1.165) is 12.8 Å². The van der Waals surface area contributed by atoms with Crippen molar-refractivity contribution in [3.63, 3.8) is 0 Å². The van der Waals surface area contributed by atoms with E-state index < -0.39 is 0 Å². The van der Waals surface area contributed by atoms with Crippen molar-refractivity contribution in [2.24, 2.45) is 11.7 Å². The summed E-state index contributed by atoms with van der Waals surface area (Å²) in [6.07, 6.45) is 3.80. The van der Waals surface area contributed by atoms with Crippen molar-refractivity contribution in [1.82, 2.24) is 0 Å². The Kier molecular flexibility index (Phi) is 3.07. The Hall–Kier alpha value is -0.340. The van der Waals surface area contributed by atoms with Crippen LogP contribution in [0.2, 0.25) is 0 Å². The molecule has 1 fully saturated rings. The summed E-state index contributed by atoms with van der Waals surface area (Å²) < 4.78 is 6.00. The minimum atomic E-state index is -0.105. The van der Waals surface area contributed by atoms with Crippen LogP contribution < -0.4 is 5.73 Å². The summed E-state index contributed by atoms with van der Waals surface area (Å²) >= 11 is 0. The van der Waals surface area contributed by atoms with Gasteiger partial charge in [0.2, 0.25) is 0 Å². The topological polar surface area (TPSA) is 35.2 Å². The molecule has 1 heterocycles. The highest BCUT2D eigenvalue weighted by atomic mass is 16.5. The molecular weight excluding hydrogens is 174 g/mol. The normalized spacial score (nSPS) is 31.4. The van der Waals surface area contributed by atoms with Crippen LogP contribution in [0.15, 0.2) is 12.7 Å². The van der Waals surface area contributed by atoms with Gasteiger partial charge in [0.05, 0.1) is 11.2 Å².